The molecule has 0 atom stereocenters. The molecule has 0 spiro atoms. The fourth-order valence-corrected chi connectivity index (χ4v) is 1.94. The number of nitrogens with one attached hydrogen (secondary N) is 2. The smallest absolute Gasteiger partial charge is 0.226 e. The molecule has 0 radical (unpaired) electrons. The highest BCUT2D eigenvalue weighted by atomic mass is 16.1. The van der Waals surface area contributed by atoms with Crippen molar-refractivity contribution < 1.29 is 4.79 Å². The van der Waals surface area contributed by atoms with Crippen LogP contribution >= 0.6 is 0 Å². The molecule has 2 rings (SSSR count). The summed E-state index contributed by atoms with van der Waals surface area (Å²) >= 11 is 0. The minimum absolute atomic E-state index is 0.0102. The number of amides is 1. The molecule has 4 heteroatoms. The van der Waals surface area contributed by atoms with E-state index < -0.39 is 0 Å². The second-order valence-electron chi connectivity index (χ2n) is 5.03. The molecule has 1 amide bonds. The Morgan fingerprint density at radius 1 is 0.952 bits per heavy atom. The van der Waals surface area contributed by atoms with Crippen LogP contribution in [0.15, 0.2) is 54.6 Å². The van der Waals surface area contributed by atoms with Crippen LogP contribution in [0.25, 0.3) is 0 Å². The first-order chi connectivity index (χ1) is 10.1. The van der Waals surface area contributed by atoms with Crippen LogP contribution in [0.1, 0.15) is 6.42 Å². The van der Waals surface area contributed by atoms with E-state index in [2.05, 4.69) is 10.6 Å². The van der Waals surface area contributed by atoms with Crippen LogP contribution in [-0.2, 0) is 4.79 Å². The SMILES string of the molecule is CN(C)c1ccc(NC(=O)CCNc2ccccc2)cc1. The Balaban J connectivity index is 1.76. The summed E-state index contributed by atoms with van der Waals surface area (Å²) in [4.78, 5) is 13.9. The van der Waals surface area contributed by atoms with Crippen LogP contribution in [0.2, 0.25) is 0 Å². The number of para-hydroxylation sites is 1. The monoisotopic (exact) mass is 283 g/mol. The number of anilines is 3. The highest BCUT2D eigenvalue weighted by Crippen LogP contribution is 2.15. The number of hydrogen-bond donors (Lipinski definition) is 2. The fraction of sp³-hybridized carbons (Fsp3) is 0.235. The third kappa shape index (κ3) is 4.84. The molecule has 0 aromatic heterocycles. The summed E-state index contributed by atoms with van der Waals surface area (Å²) in [6, 6.07) is 17.7. The summed E-state index contributed by atoms with van der Waals surface area (Å²) in [5.41, 5.74) is 2.96. The topological polar surface area (TPSA) is 44.4 Å². The van der Waals surface area contributed by atoms with Gasteiger partial charge >= 0.3 is 0 Å². The lowest BCUT2D eigenvalue weighted by Crippen LogP contribution is -2.16. The summed E-state index contributed by atoms with van der Waals surface area (Å²) in [5.74, 6) is 0.0102. The molecule has 2 aromatic rings. The zero-order valence-electron chi connectivity index (χ0n) is 12.5. The van der Waals surface area contributed by atoms with Crippen molar-refractivity contribution in [3.8, 4) is 0 Å². The maximum atomic E-state index is 11.9. The van der Waals surface area contributed by atoms with Gasteiger partial charge in [0.15, 0.2) is 0 Å². The molecule has 0 aliphatic rings. The molecule has 0 saturated heterocycles. The number of carbonyl (C=O) groups excluding carboxylic acids is 1. The van der Waals surface area contributed by atoms with Crippen molar-refractivity contribution in [1.82, 2.24) is 0 Å². The largest absolute Gasteiger partial charge is 0.385 e. The number of nitrogens with zero attached hydrogens (tertiary/aromatic N) is 1. The fourth-order valence-electron chi connectivity index (χ4n) is 1.94. The van der Waals surface area contributed by atoms with Crippen LogP contribution in [0.3, 0.4) is 0 Å². The highest BCUT2D eigenvalue weighted by molar-refractivity contribution is 5.91. The third-order valence-corrected chi connectivity index (χ3v) is 3.12. The van der Waals surface area contributed by atoms with Gasteiger partial charge in [0.25, 0.3) is 0 Å². The Labute approximate surface area is 125 Å². The molecular formula is C17H21N3O. The van der Waals surface area contributed by atoms with Gasteiger partial charge in [0.1, 0.15) is 0 Å². The second-order valence-corrected chi connectivity index (χ2v) is 5.03. The average Bonchev–Trinajstić information content (AvgIpc) is 2.49. The van der Waals surface area contributed by atoms with Gasteiger partial charge < -0.3 is 15.5 Å². The summed E-state index contributed by atoms with van der Waals surface area (Å²) < 4.78 is 0. The van der Waals surface area contributed by atoms with Gasteiger partial charge in [0, 0.05) is 44.1 Å². The van der Waals surface area contributed by atoms with Gasteiger partial charge in [-0.2, -0.15) is 0 Å². The van der Waals surface area contributed by atoms with Gasteiger partial charge in [-0.25, -0.2) is 0 Å². The second kappa shape index (κ2) is 7.33. The van der Waals surface area contributed by atoms with Gasteiger partial charge in [-0.05, 0) is 36.4 Å². The lowest BCUT2D eigenvalue weighted by atomic mass is 10.2. The maximum Gasteiger partial charge on any atom is 0.226 e. The maximum absolute atomic E-state index is 11.9. The Morgan fingerprint density at radius 2 is 1.62 bits per heavy atom. The molecule has 2 aromatic carbocycles. The van der Waals surface area contributed by atoms with E-state index in [1.807, 2.05) is 73.6 Å². The molecule has 0 heterocycles. The van der Waals surface area contributed by atoms with E-state index in [0.717, 1.165) is 17.1 Å². The molecule has 21 heavy (non-hydrogen) atoms. The first-order valence-electron chi connectivity index (χ1n) is 7.01. The van der Waals surface area contributed by atoms with E-state index in [0.29, 0.717) is 13.0 Å². The zero-order valence-corrected chi connectivity index (χ0v) is 12.5. The van der Waals surface area contributed by atoms with Crippen molar-refractivity contribution in [1.29, 1.82) is 0 Å². The van der Waals surface area contributed by atoms with Crippen LogP contribution < -0.4 is 15.5 Å². The Hall–Kier alpha value is -2.49. The van der Waals surface area contributed by atoms with Crippen molar-refractivity contribution >= 4 is 23.0 Å². The number of benzene rings is 2. The summed E-state index contributed by atoms with van der Waals surface area (Å²) in [5, 5.41) is 6.11. The van der Waals surface area contributed by atoms with Gasteiger partial charge in [0.05, 0.1) is 0 Å². The summed E-state index contributed by atoms with van der Waals surface area (Å²) in [6.45, 7) is 0.617. The van der Waals surface area contributed by atoms with E-state index in [-0.39, 0.29) is 5.91 Å². The molecule has 4 nitrogen and oxygen atoms in total. The summed E-state index contributed by atoms with van der Waals surface area (Å²) in [6.07, 6.45) is 0.435. The molecule has 0 bridgehead atoms. The first-order valence-corrected chi connectivity index (χ1v) is 7.01. The van der Waals surface area contributed by atoms with Crippen LogP contribution in [-0.4, -0.2) is 26.5 Å². The third-order valence-electron chi connectivity index (χ3n) is 3.12. The number of carbonyl (C=O) groups is 1. The van der Waals surface area contributed by atoms with Gasteiger partial charge in [-0.15, -0.1) is 0 Å². The van der Waals surface area contributed by atoms with Gasteiger partial charge in [-0.3, -0.25) is 4.79 Å². The van der Waals surface area contributed by atoms with Crippen molar-refractivity contribution in [2.75, 3.05) is 36.2 Å². The predicted octanol–water partition coefficient (Wildman–Crippen LogP) is 3.19. The lowest BCUT2D eigenvalue weighted by Gasteiger charge is -2.13. The van der Waals surface area contributed by atoms with Crippen LogP contribution in [0, 0.1) is 0 Å². The minimum atomic E-state index is 0.0102. The molecule has 0 fully saturated rings. The average molecular weight is 283 g/mol. The minimum Gasteiger partial charge on any atom is -0.385 e. The van der Waals surface area contributed by atoms with E-state index in [4.69, 9.17) is 0 Å². The Kier molecular flexibility index (Phi) is 5.21. The van der Waals surface area contributed by atoms with E-state index in [1.54, 1.807) is 0 Å². The first kappa shape index (κ1) is 14.9. The van der Waals surface area contributed by atoms with Crippen molar-refractivity contribution in [3.63, 3.8) is 0 Å². The molecular weight excluding hydrogens is 262 g/mol. The quantitative estimate of drug-likeness (QED) is 0.855. The standard InChI is InChI=1S/C17H21N3O/c1-20(2)16-10-8-15(9-11-16)19-17(21)12-13-18-14-6-4-3-5-7-14/h3-11,18H,12-13H2,1-2H3,(H,19,21). The number of rotatable bonds is 6. The molecule has 0 saturated carbocycles. The molecule has 0 aliphatic heterocycles. The van der Waals surface area contributed by atoms with Crippen LogP contribution in [0.4, 0.5) is 17.1 Å². The summed E-state index contributed by atoms with van der Waals surface area (Å²) in [7, 11) is 3.98. The van der Waals surface area contributed by atoms with Gasteiger partial charge in [0.2, 0.25) is 5.91 Å². The predicted molar refractivity (Wildman–Crippen MR) is 88.9 cm³/mol. The van der Waals surface area contributed by atoms with E-state index in [9.17, 15) is 4.79 Å². The Bertz CT molecular complexity index is 564. The number of hydrogen-bond acceptors (Lipinski definition) is 3. The molecule has 0 unspecified atom stereocenters. The Morgan fingerprint density at radius 3 is 2.24 bits per heavy atom. The highest BCUT2D eigenvalue weighted by Gasteiger charge is 2.02. The normalized spacial score (nSPS) is 10.0. The molecule has 0 aliphatic carbocycles. The van der Waals surface area contributed by atoms with E-state index in [1.165, 1.54) is 0 Å². The van der Waals surface area contributed by atoms with Gasteiger partial charge in [-0.1, -0.05) is 18.2 Å². The van der Waals surface area contributed by atoms with E-state index >= 15 is 0 Å². The van der Waals surface area contributed by atoms with Crippen LogP contribution in [0.5, 0.6) is 0 Å². The zero-order chi connectivity index (χ0) is 15.1. The molecule has 2 N–H and O–H groups in total. The van der Waals surface area contributed by atoms with Crippen molar-refractivity contribution in [2.24, 2.45) is 0 Å². The van der Waals surface area contributed by atoms with Crippen molar-refractivity contribution in [3.05, 3.63) is 54.6 Å². The molecule has 110 valence electrons. The lowest BCUT2D eigenvalue weighted by molar-refractivity contribution is -0.115. The van der Waals surface area contributed by atoms with Crippen molar-refractivity contribution in [2.45, 2.75) is 6.42 Å².